The van der Waals surface area contributed by atoms with Crippen LogP contribution in [0.25, 0.3) is 0 Å². The van der Waals surface area contributed by atoms with Gasteiger partial charge in [0.15, 0.2) is 6.61 Å². The van der Waals surface area contributed by atoms with Gasteiger partial charge in [-0.05, 0) is 45.1 Å². The molecule has 0 amide bonds. The number of Topliss-reactive ketones (excluding diaryl/α,β-unsaturated/α-hetero) is 1. The van der Waals surface area contributed by atoms with Crippen molar-refractivity contribution >= 4 is 50.6 Å². The third-order valence-electron chi connectivity index (χ3n) is 2.39. The molecule has 0 saturated carbocycles. The summed E-state index contributed by atoms with van der Waals surface area (Å²) in [6, 6.07) is 6.72. The van der Waals surface area contributed by atoms with Gasteiger partial charge in [0.05, 0.1) is 10.8 Å². The van der Waals surface area contributed by atoms with Gasteiger partial charge in [-0.25, -0.2) is 4.98 Å². The van der Waals surface area contributed by atoms with Gasteiger partial charge >= 0.3 is 5.97 Å². The Morgan fingerprint density at radius 3 is 2.80 bits per heavy atom. The first-order chi connectivity index (χ1) is 9.56. The van der Waals surface area contributed by atoms with Crippen LogP contribution in [0.4, 0.5) is 0 Å². The van der Waals surface area contributed by atoms with Crippen LogP contribution < -0.4 is 0 Å². The topological polar surface area (TPSA) is 56.3 Å². The van der Waals surface area contributed by atoms with Gasteiger partial charge in [-0.2, -0.15) is 0 Å². The summed E-state index contributed by atoms with van der Waals surface area (Å²) in [5.74, 6) is -0.843. The molecular weight excluding hydrogens is 366 g/mol. The molecule has 0 unspecified atom stereocenters. The van der Waals surface area contributed by atoms with Crippen LogP contribution in [0.2, 0.25) is 4.34 Å². The first-order valence-corrected chi connectivity index (χ1v) is 7.64. The zero-order valence-corrected chi connectivity index (χ0v) is 13.3. The molecule has 0 saturated heterocycles. The molecule has 4 nitrogen and oxygen atoms in total. The summed E-state index contributed by atoms with van der Waals surface area (Å²) in [6.07, 6.45) is 0.0571. The number of aromatic nitrogens is 1. The average molecular weight is 375 g/mol. The number of pyridine rings is 1. The van der Waals surface area contributed by atoms with Gasteiger partial charge < -0.3 is 4.74 Å². The molecule has 0 aliphatic rings. The quantitative estimate of drug-likeness (QED) is 0.456. The van der Waals surface area contributed by atoms with E-state index >= 15 is 0 Å². The van der Waals surface area contributed by atoms with E-state index in [1.807, 2.05) is 0 Å². The second-order valence-corrected chi connectivity index (χ2v) is 6.16. The molecule has 0 N–H and O–H groups in total. The fourth-order valence-electron chi connectivity index (χ4n) is 1.44. The number of esters is 1. The Bertz CT molecular complexity index is 644. The molecule has 20 heavy (non-hydrogen) atoms. The van der Waals surface area contributed by atoms with Gasteiger partial charge in [0.1, 0.15) is 10.3 Å². The normalized spacial score (nSPS) is 10.3. The van der Waals surface area contributed by atoms with E-state index in [1.165, 1.54) is 11.3 Å². The Hall–Kier alpha value is -1.24. The summed E-state index contributed by atoms with van der Waals surface area (Å²) in [6.45, 7) is -0.329. The van der Waals surface area contributed by atoms with Crippen LogP contribution in [-0.4, -0.2) is 23.3 Å². The molecule has 0 atom stereocenters. The molecular formula is C13H9BrClNO3S. The molecule has 2 aromatic heterocycles. The fraction of sp³-hybridized carbons (Fsp3) is 0.154. The first-order valence-electron chi connectivity index (χ1n) is 5.59. The highest BCUT2D eigenvalue weighted by Gasteiger charge is 2.13. The van der Waals surface area contributed by atoms with Crippen LogP contribution in [0, 0.1) is 0 Å². The third kappa shape index (κ3) is 4.13. The number of carbonyl (C=O) groups excluding carboxylic acids is 2. The second-order valence-electron chi connectivity index (χ2n) is 3.83. The summed E-state index contributed by atoms with van der Waals surface area (Å²) < 4.78 is 6.04. The molecule has 0 spiro atoms. The van der Waals surface area contributed by atoms with E-state index in [-0.39, 0.29) is 24.5 Å². The largest absolute Gasteiger partial charge is 0.457 e. The van der Waals surface area contributed by atoms with Gasteiger partial charge in [-0.15, -0.1) is 11.3 Å². The van der Waals surface area contributed by atoms with Gasteiger partial charge in [0, 0.05) is 0 Å². The number of hydrogen-bond acceptors (Lipinski definition) is 5. The second kappa shape index (κ2) is 6.97. The maximum atomic E-state index is 11.8. The standard InChI is InChI=1S/C13H9BrClNO3S/c14-11-3-1-2-9(16-11)10(17)7-19-12(18)6-8-4-5-20-13(8)15/h1-5H,6-7H2. The number of ketones is 1. The minimum Gasteiger partial charge on any atom is -0.457 e. The Morgan fingerprint density at radius 1 is 1.35 bits per heavy atom. The number of carbonyl (C=O) groups is 2. The van der Waals surface area contributed by atoms with Gasteiger partial charge in [0.25, 0.3) is 0 Å². The molecule has 0 aliphatic heterocycles. The highest BCUT2D eigenvalue weighted by Crippen LogP contribution is 2.23. The smallest absolute Gasteiger partial charge is 0.310 e. The van der Waals surface area contributed by atoms with Crippen molar-refractivity contribution in [2.24, 2.45) is 0 Å². The molecule has 0 fully saturated rings. The lowest BCUT2D eigenvalue weighted by molar-refractivity contribution is -0.141. The number of thiophene rings is 1. The van der Waals surface area contributed by atoms with Crippen molar-refractivity contribution < 1.29 is 14.3 Å². The molecule has 0 radical (unpaired) electrons. The molecule has 2 rings (SSSR count). The molecule has 2 heterocycles. The maximum absolute atomic E-state index is 11.8. The summed E-state index contributed by atoms with van der Waals surface area (Å²) >= 11 is 10.4. The Morgan fingerprint density at radius 2 is 2.15 bits per heavy atom. The lowest BCUT2D eigenvalue weighted by Crippen LogP contribution is -2.16. The molecule has 104 valence electrons. The highest BCUT2D eigenvalue weighted by molar-refractivity contribution is 9.10. The lowest BCUT2D eigenvalue weighted by Gasteiger charge is -2.04. The predicted octanol–water partition coefficient (Wildman–Crippen LogP) is 3.53. The summed E-state index contributed by atoms with van der Waals surface area (Å²) in [5.41, 5.74) is 0.954. The minimum atomic E-state index is -0.492. The van der Waals surface area contributed by atoms with Gasteiger partial charge in [0.2, 0.25) is 5.78 Å². The van der Waals surface area contributed by atoms with Crippen molar-refractivity contribution in [2.75, 3.05) is 6.61 Å². The van der Waals surface area contributed by atoms with Crippen LogP contribution in [-0.2, 0) is 16.0 Å². The zero-order chi connectivity index (χ0) is 14.5. The van der Waals surface area contributed by atoms with E-state index in [1.54, 1.807) is 29.6 Å². The molecule has 7 heteroatoms. The van der Waals surface area contributed by atoms with Crippen LogP contribution in [0.3, 0.4) is 0 Å². The van der Waals surface area contributed by atoms with Crippen molar-refractivity contribution in [3.05, 3.63) is 49.8 Å². The SMILES string of the molecule is O=C(Cc1ccsc1Cl)OCC(=O)c1cccc(Br)n1. The number of hydrogen-bond donors (Lipinski definition) is 0. The van der Waals surface area contributed by atoms with Crippen molar-refractivity contribution in [1.29, 1.82) is 0 Å². The number of rotatable bonds is 5. The molecule has 0 aromatic carbocycles. The van der Waals surface area contributed by atoms with Crippen LogP contribution in [0.5, 0.6) is 0 Å². The highest BCUT2D eigenvalue weighted by atomic mass is 79.9. The van der Waals surface area contributed by atoms with Crippen molar-refractivity contribution in [2.45, 2.75) is 6.42 Å². The van der Waals surface area contributed by atoms with Crippen molar-refractivity contribution in [3.8, 4) is 0 Å². The Labute approximate surface area is 132 Å². The van der Waals surface area contributed by atoms with Crippen LogP contribution in [0.1, 0.15) is 16.1 Å². The summed E-state index contributed by atoms with van der Waals surface area (Å²) in [7, 11) is 0. The van der Waals surface area contributed by atoms with E-state index in [0.29, 0.717) is 14.5 Å². The monoisotopic (exact) mass is 373 g/mol. The third-order valence-corrected chi connectivity index (χ3v) is 4.09. The van der Waals surface area contributed by atoms with E-state index in [0.717, 1.165) is 0 Å². The van der Waals surface area contributed by atoms with Crippen LogP contribution in [0.15, 0.2) is 34.2 Å². The Kier molecular flexibility index (Phi) is 5.28. The molecule has 2 aromatic rings. The number of nitrogens with zero attached hydrogens (tertiary/aromatic N) is 1. The first kappa shape index (κ1) is 15.2. The lowest BCUT2D eigenvalue weighted by atomic mass is 10.2. The van der Waals surface area contributed by atoms with Crippen molar-refractivity contribution in [3.63, 3.8) is 0 Å². The maximum Gasteiger partial charge on any atom is 0.310 e. The van der Waals surface area contributed by atoms with Crippen molar-refractivity contribution in [1.82, 2.24) is 4.98 Å². The number of ether oxygens (including phenoxy) is 1. The van der Waals surface area contributed by atoms with Gasteiger partial charge in [-0.3, -0.25) is 9.59 Å². The summed E-state index contributed by atoms with van der Waals surface area (Å²) in [5, 5.41) is 1.79. The number of halogens is 2. The van der Waals surface area contributed by atoms with E-state index < -0.39 is 5.97 Å². The van der Waals surface area contributed by atoms with Gasteiger partial charge in [-0.1, -0.05) is 17.7 Å². The molecule has 0 bridgehead atoms. The van der Waals surface area contributed by atoms with E-state index in [2.05, 4.69) is 20.9 Å². The van der Waals surface area contributed by atoms with Crippen LogP contribution >= 0.6 is 38.9 Å². The average Bonchev–Trinajstić information content (AvgIpc) is 2.81. The molecule has 0 aliphatic carbocycles. The minimum absolute atomic E-state index is 0.0571. The van der Waals surface area contributed by atoms with E-state index in [9.17, 15) is 9.59 Å². The Balaban J connectivity index is 1.87. The zero-order valence-electron chi connectivity index (χ0n) is 10.1. The summed E-state index contributed by atoms with van der Waals surface area (Å²) in [4.78, 5) is 27.4. The predicted molar refractivity (Wildman–Crippen MR) is 80.3 cm³/mol. The van der Waals surface area contributed by atoms with E-state index in [4.69, 9.17) is 16.3 Å². The fourth-order valence-corrected chi connectivity index (χ4v) is 2.71.